The number of carboxylic acids is 1. The zero-order valence-corrected chi connectivity index (χ0v) is 19.2. The van der Waals surface area contributed by atoms with Crippen LogP contribution in [0.3, 0.4) is 0 Å². The van der Waals surface area contributed by atoms with Crippen molar-refractivity contribution in [2.45, 2.75) is 26.0 Å². The smallest absolute Gasteiger partial charge is 0.341 e. The maximum atomic E-state index is 13.3. The van der Waals surface area contributed by atoms with Crippen LogP contribution >= 0.6 is 0 Å². The SMILES string of the molecule is COC(Cn1cc(C(=O)O)c(=O)c(OCc2ccccc2)c1C(=O)NCc1ccc(F)cc1)OC. The molecule has 0 saturated carbocycles. The zero-order chi connectivity index (χ0) is 25.4. The van der Waals surface area contributed by atoms with Gasteiger partial charge in [-0.05, 0) is 23.3 Å². The summed E-state index contributed by atoms with van der Waals surface area (Å²) in [6.07, 6.45) is 0.211. The largest absolute Gasteiger partial charge is 0.483 e. The Hall–Kier alpha value is -4.02. The van der Waals surface area contributed by atoms with E-state index in [0.29, 0.717) is 11.1 Å². The molecule has 0 aliphatic heterocycles. The topological polar surface area (TPSA) is 116 Å². The van der Waals surface area contributed by atoms with Crippen molar-refractivity contribution in [1.29, 1.82) is 0 Å². The lowest BCUT2D eigenvalue weighted by Crippen LogP contribution is -2.34. The number of carboxylic acid groups (broad SMARTS) is 1. The fraction of sp³-hybridized carbons (Fsp3) is 0.240. The maximum absolute atomic E-state index is 13.3. The Labute approximate surface area is 200 Å². The molecule has 0 saturated heterocycles. The summed E-state index contributed by atoms with van der Waals surface area (Å²) in [5.41, 5.74) is -0.382. The summed E-state index contributed by atoms with van der Waals surface area (Å²) in [5.74, 6) is -3.01. The van der Waals surface area contributed by atoms with Gasteiger partial charge in [0.2, 0.25) is 5.43 Å². The van der Waals surface area contributed by atoms with Crippen molar-refractivity contribution in [1.82, 2.24) is 9.88 Å². The molecule has 1 aromatic heterocycles. The molecular formula is C25H25FN2O7. The number of pyridine rings is 1. The molecular weight excluding hydrogens is 459 g/mol. The quantitative estimate of drug-likeness (QED) is 0.402. The molecule has 0 aliphatic carbocycles. The molecule has 0 bridgehead atoms. The number of nitrogens with zero attached hydrogens (tertiary/aromatic N) is 1. The number of aromatic nitrogens is 1. The van der Waals surface area contributed by atoms with E-state index in [1.165, 1.54) is 43.1 Å². The molecule has 2 aromatic carbocycles. The molecule has 0 atom stereocenters. The summed E-state index contributed by atoms with van der Waals surface area (Å²) in [7, 11) is 2.77. The molecule has 184 valence electrons. The van der Waals surface area contributed by atoms with E-state index in [4.69, 9.17) is 14.2 Å². The van der Waals surface area contributed by atoms with Gasteiger partial charge in [-0.1, -0.05) is 42.5 Å². The van der Waals surface area contributed by atoms with Gasteiger partial charge in [-0.25, -0.2) is 9.18 Å². The fourth-order valence-corrected chi connectivity index (χ4v) is 3.31. The highest BCUT2D eigenvalue weighted by Crippen LogP contribution is 2.19. The monoisotopic (exact) mass is 484 g/mol. The van der Waals surface area contributed by atoms with E-state index >= 15 is 0 Å². The van der Waals surface area contributed by atoms with Crippen LogP contribution in [-0.2, 0) is 29.2 Å². The van der Waals surface area contributed by atoms with Crippen LogP contribution in [0.1, 0.15) is 32.0 Å². The average molecular weight is 484 g/mol. The number of ether oxygens (including phenoxy) is 3. The van der Waals surface area contributed by atoms with Crippen molar-refractivity contribution in [3.63, 3.8) is 0 Å². The number of benzene rings is 2. The van der Waals surface area contributed by atoms with Gasteiger partial charge in [0.1, 0.15) is 18.0 Å². The Morgan fingerprint density at radius 2 is 1.69 bits per heavy atom. The molecule has 3 aromatic rings. The van der Waals surface area contributed by atoms with Crippen molar-refractivity contribution in [3.8, 4) is 5.75 Å². The lowest BCUT2D eigenvalue weighted by molar-refractivity contribution is -0.111. The van der Waals surface area contributed by atoms with Crippen LogP contribution in [0.25, 0.3) is 0 Å². The predicted molar refractivity (Wildman–Crippen MR) is 124 cm³/mol. The molecule has 2 N–H and O–H groups in total. The van der Waals surface area contributed by atoms with Gasteiger partial charge in [0.15, 0.2) is 17.7 Å². The number of hydrogen-bond donors (Lipinski definition) is 2. The lowest BCUT2D eigenvalue weighted by Gasteiger charge is -2.21. The second-order valence-corrected chi connectivity index (χ2v) is 7.49. The Kier molecular flexibility index (Phi) is 8.71. The van der Waals surface area contributed by atoms with Crippen molar-refractivity contribution >= 4 is 11.9 Å². The van der Waals surface area contributed by atoms with E-state index in [2.05, 4.69) is 5.32 Å². The number of nitrogens with one attached hydrogen (secondary N) is 1. The number of amides is 1. The highest BCUT2D eigenvalue weighted by atomic mass is 19.1. The number of aromatic carboxylic acids is 1. The molecule has 0 aliphatic rings. The third kappa shape index (κ3) is 6.52. The van der Waals surface area contributed by atoms with E-state index in [9.17, 15) is 23.9 Å². The number of halogens is 1. The second-order valence-electron chi connectivity index (χ2n) is 7.49. The van der Waals surface area contributed by atoms with Crippen LogP contribution in [-0.4, -0.2) is 42.1 Å². The van der Waals surface area contributed by atoms with Crippen LogP contribution < -0.4 is 15.5 Å². The predicted octanol–water partition coefficient (Wildman–Crippen LogP) is 2.81. The van der Waals surface area contributed by atoms with Gasteiger partial charge < -0.3 is 29.2 Å². The first kappa shape index (κ1) is 25.6. The third-order valence-corrected chi connectivity index (χ3v) is 5.15. The number of rotatable bonds is 11. The molecule has 1 heterocycles. The van der Waals surface area contributed by atoms with E-state index in [-0.39, 0.29) is 25.4 Å². The van der Waals surface area contributed by atoms with Crippen molar-refractivity contribution in [2.75, 3.05) is 14.2 Å². The fourth-order valence-electron chi connectivity index (χ4n) is 3.31. The van der Waals surface area contributed by atoms with Gasteiger partial charge in [0.05, 0.1) is 6.54 Å². The van der Waals surface area contributed by atoms with Crippen molar-refractivity contribution < 1.29 is 33.3 Å². The molecule has 0 spiro atoms. The van der Waals surface area contributed by atoms with Crippen LogP contribution in [0.15, 0.2) is 65.6 Å². The van der Waals surface area contributed by atoms with Crippen LogP contribution in [0.4, 0.5) is 4.39 Å². The first-order valence-electron chi connectivity index (χ1n) is 10.6. The molecule has 10 heteroatoms. The molecule has 0 fully saturated rings. The molecule has 0 radical (unpaired) electrons. The molecule has 0 unspecified atom stereocenters. The van der Waals surface area contributed by atoms with Gasteiger partial charge in [-0.3, -0.25) is 9.59 Å². The van der Waals surface area contributed by atoms with Crippen LogP contribution in [0.5, 0.6) is 5.75 Å². The Morgan fingerprint density at radius 3 is 2.29 bits per heavy atom. The van der Waals surface area contributed by atoms with Gasteiger partial charge in [0, 0.05) is 27.0 Å². The van der Waals surface area contributed by atoms with Gasteiger partial charge >= 0.3 is 5.97 Å². The highest BCUT2D eigenvalue weighted by Gasteiger charge is 2.27. The number of carbonyl (C=O) groups is 2. The minimum absolute atomic E-state index is 0.0318. The maximum Gasteiger partial charge on any atom is 0.341 e. The van der Waals surface area contributed by atoms with E-state index in [0.717, 1.165) is 6.20 Å². The molecule has 1 amide bonds. The Bertz CT molecular complexity index is 1220. The molecule has 9 nitrogen and oxygen atoms in total. The second kappa shape index (κ2) is 11.9. The average Bonchev–Trinajstić information content (AvgIpc) is 2.86. The minimum atomic E-state index is -1.47. The van der Waals surface area contributed by atoms with E-state index in [1.54, 1.807) is 24.3 Å². The van der Waals surface area contributed by atoms with Gasteiger partial charge in [-0.15, -0.1) is 0 Å². The molecule has 35 heavy (non-hydrogen) atoms. The highest BCUT2D eigenvalue weighted by molar-refractivity contribution is 5.97. The van der Waals surface area contributed by atoms with E-state index < -0.39 is 40.7 Å². The first-order valence-corrected chi connectivity index (χ1v) is 10.6. The van der Waals surface area contributed by atoms with Crippen LogP contribution in [0.2, 0.25) is 0 Å². The summed E-state index contributed by atoms with van der Waals surface area (Å²) in [6, 6.07) is 14.4. The van der Waals surface area contributed by atoms with E-state index in [1.807, 2.05) is 6.07 Å². The zero-order valence-electron chi connectivity index (χ0n) is 19.2. The summed E-state index contributed by atoms with van der Waals surface area (Å²) in [6.45, 7) is -0.145. The first-order chi connectivity index (χ1) is 16.8. The minimum Gasteiger partial charge on any atom is -0.483 e. The van der Waals surface area contributed by atoms with Crippen molar-refractivity contribution in [2.24, 2.45) is 0 Å². The standard InChI is InChI=1S/C25H25FN2O7/c1-33-20(34-2)14-28-13-19(25(31)32)22(29)23(35-15-17-6-4-3-5-7-17)21(28)24(30)27-12-16-8-10-18(26)11-9-16/h3-11,13,20H,12,14-15H2,1-2H3,(H,27,30)(H,31,32). The third-order valence-electron chi connectivity index (χ3n) is 5.15. The Balaban J connectivity index is 2.05. The molecule has 3 rings (SSSR count). The lowest BCUT2D eigenvalue weighted by atomic mass is 10.1. The summed E-state index contributed by atoms with van der Waals surface area (Å²) >= 11 is 0. The van der Waals surface area contributed by atoms with Crippen LogP contribution in [0, 0.1) is 5.82 Å². The normalized spacial score (nSPS) is 10.9. The summed E-state index contributed by atoms with van der Waals surface area (Å²) in [5, 5.41) is 12.3. The van der Waals surface area contributed by atoms with Gasteiger partial charge in [-0.2, -0.15) is 0 Å². The number of methoxy groups -OCH3 is 2. The summed E-state index contributed by atoms with van der Waals surface area (Å²) < 4.78 is 30.6. The summed E-state index contributed by atoms with van der Waals surface area (Å²) in [4.78, 5) is 38.1. The van der Waals surface area contributed by atoms with Crippen molar-refractivity contribution in [3.05, 3.63) is 99.2 Å². The number of carbonyl (C=O) groups excluding carboxylic acids is 1. The van der Waals surface area contributed by atoms with Gasteiger partial charge in [0.25, 0.3) is 5.91 Å². The number of hydrogen-bond acceptors (Lipinski definition) is 6. The Morgan fingerprint density at radius 1 is 1.03 bits per heavy atom.